The van der Waals surface area contributed by atoms with Crippen LogP contribution in [0.3, 0.4) is 0 Å². The average molecular weight is 424 g/mol. The first-order chi connectivity index (χ1) is 14.2. The van der Waals surface area contributed by atoms with Crippen molar-refractivity contribution >= 4 is 23.9 Å². The summed E-state index contributed by atoms with van der Waals surface area (Å²) in [5, 5.41) is 3.09. The van der Waals surface area contributed by atoms with Crippen molar-refractivity contribution < 1.29 is 22.7 Å². The zero-order chi connectivity index (χ0) is 21.9. The van der Waals surface area contributed by atoms with E-state index in [0.717, 1.165) is 31.0 Å². The monoisotopic (exact) mass is 424 g/mol. The summed E-state index contributed by atoms with van der Waals surface area (Å²) in [7, 11) is 1.90. The number of carbonyl (C=O) groups is 1. The average Bonchev–Trinajstić information content (AvgIpc) is 2.70. The minimum Gasteiger partial charge on any atom is -0.388 e. The van der Waals surface area contributed by atoms with Gasteiger partial charge in [0.25, 0.3) is 0 Å². The van der Waals surface area contributed by atoms with Gasteiger partial charge in [-0.3, -0.25) is 4.79 Å². The van der Waals surface area contributed by atoms with Crippen LogP contribution in [0.5, 0.6) is 5.88 Å². The van der Waals surface area contributed by atoms with Crippen molar-refractivity contribution in [3.05, 3.63) is 29.6 Å². The Labute approximate surface area is 172 Å². The maximum absolute atomic E-state index is 12.2. The molecule has 1 aliphatic heterocycles. The van der Waals surface area contributed by atoms with Gasteiger partial charge in [-0.15, -0.1) is 13.2 Å². The number of amides is 1. The molecule has 2 aromatic rings. The van der Waals surface area contributed by atoms with Gasteiger partial charge in [-0.1, -0.05) is 6.07 Å². The van der Waals surface area contributed by atoms with Gasteiger partial charge in [0.05, 0.1) is 5.69 Å². The number of nitrogens with one attached hydrogen (secondary N) is 1. The van der Waals surface area contributed by atoms with Crippen molar-refractivity contribution in [3.63, 3.8) is 0 Å². The number of anilines is 3. The van der Waals surface area contributed by atoms with Gasteiger partial charge in [-0.2, -0.15) is 4.98 Å². The Balaban J connectivity index is 1.81. The zero-order valence-electron chi connectivity index (χ0n) is 16.9. The fraction of sp³-hybridized carbons (Fsp3) is 0.474. The lowest BCUT2D eigenvalue weighted by Crippen LogP contribution is -2.34. The molecule has 0 saturated carbocycles. The van der Waals surface area contributed by atoms with Gasteiger partial charge in [-0.25, -0.2) is 9.97 Å². The number of nitrogens with zero attached hydrogens (tertiary/aromatic N) is 5. The quantitative estimate of drug-likeness (QED) is 0.684. The maximum Gasteiger partial charge on any atom is 0.574 e. The Bertz CT molecular complexity index is 889. The number of aryl methyl sites for hydroxylation is 1. The molecular formula is C19H23F3N6O2. The van der Waals surface area contributed by atoms with E-state index in [1.807, 2.05) is 25.8 Å². The Kier molecular flexibility index (Phi) is 6.28. The van der Waals surface area contributed by atoms with Crippen LogP contribution in [0, 0.1) is 0 Å². The van der Waals surface area contributed by atoms with Crippen LogP contribution in [0.4, 0.5) is 30.6 Å². The molecule has 0 aromatic carbocycles. The lowest BCUT2D eigenvalue weighted by Gasteiger charge is -2.32. The molecule has 11 heteroatoms. The molecule has 8 nitrogen and oxygen atoms in total. The van der Waals surface area contributed by atoms with Crippen molar-refractivity contribution in [3.8, 4) is 5.88 Å². The summed E-state index contributed by atoms with van der Waals surface area (Å²) in [5.41, 5.74) is 2.13. The number of alkyl halides is 3. The molecule has 2 aromatic heterocycles. The van der Waals surface area contributed by atoms with E-state index >= 15 is 0 Å². The molecule has 1 amide bonds. The van der Waals surface area contributed by atoms with Crippen LogP contribution in [0.2, 0.25) is 0 Å². The van der Waals surface area contributed by atoms with Gasteiger partial charge >= 0.3 is 6.36 Å². The number of pyridine rings is 1. The van der Waals surface area contributed by atoms with E-state index in [1.54, 1.807) is 4.90 Å². The van der Waals surface area contributed by atoms with E-state index in [0.29, 0.717) is 29.6 Å². The van der Waals surface area contributed by atoms with Crippen LogP contribution < -0.4 is 19.9 Å². The van der Waals surface area contributed by atoms with Crippen molar-refractivity contribution in [2.24, 2.45) is 0 Å². The molecule has 0 saturated heterocycles. The smallest absolute Gasteiger partial charge is 0.388 e. The highest BCUT2D eigenvalue weighted by molar-refractivity contribution is 5.85. The molecule has 0 fully saturated rings. The molecule has 0 radical (unpaired) electrons. The predicted molar refractivity (Wildman–Crippen MR) is 106 cm³/mol. The fourth-order valence-corrected chi connectivity index (χ4v) is 3.04. The van der Waals surface area contributed by atoms with Gasteiger partial charge in [0, 0.05) is 38.4 Å². The van der Waals surface area contributed by atoms with E-state index in [4.69, 9.17) is 0 Å². The van der Waals surface area contributed by atoms with Crippen LogP contribution in [-0.4, -0.2) is 47.4 Å². The molecule has 3 heterocycles. The second kappa shape index (κ2) is 8.72. The van der Waals surface area contributed by atoms with E-state index in [2.05, 4.69) is 25.0 Å². The number of ether oxygens (including phenoxy) is 1. The Morgan fingerprint density at radius 1 is 1.33 bits per heavy atom. The second-order valence-electron chi connectivity index (χ2n) is 7.18. The van der Waals surface area contributed by atoms with Gasteiger partial charge in [0.2, 0.25) is 18.2 Å². The number of hydrogen-bond acceptors (Lipinski definition) is 7. The van der Waals surface area contributed by atoms with Crippen molar-refractivity contribution in [2.45, 2.75) is 45.6 Å². The predicted octanol–water partition coefficient (Wildman–Crippen LogP) is 3.14. The fourth-order valence-electron chi connectivity index (χ4n) is 3.04. The van der Waals surface area contributed by atoms with E-state index in [-0.39, 0.29) is 12.6 Å². The van der Waals surface area contributed by atoms with E-state index in [9.17, 15) is 18.0 Å². The largest absolute Gasteiger partial charge is 0.574 e. The number of carbonyl (C=O) groups excluding carboxylic acids is 1. The number of halogens is 3. The van der Waals surface area contributed by atoms with Crippen LogP contribution in [0.1, 0.15) is 31.5 Å². The van der Waals surface area contributed by atoms with E-state index in [1.165, 1.54) is 12.3 Å². The van der Waals surface area contributed by atoms with Gasteiger partial charge in [0.1, 0.15) is 5.69 Å². The first-order valence-electron chi connectivity index (χ1n) is 9.48. The summed E-state index contributed by atoms with van der Waals surface area (Å²) in [5.74, 6) is 0.502. The highest BCUT2D eigenvalue weighted by Crippen LogP contribution is 2.35. The number of aromatic nitrogens is 3. The third-order valence-electron chi connectivity index (χ3n) is 4.74. The molecule has 0 unspecified atom stereocenters. The molecule has 0 bridgehead atoms. The summed E-state index contributed by atoms with van der Waals surface area (Å²) >= 11 is 0. The summed E-state index contributed by atoms with van der Waals surface area (Å²) < 4.78 is 40.5. The molecule has 30 heavy (non-hydrogen) atoms. The van der Waals surface area contributed by atoms with Crippen molar-refractivity contribution in [1.29, 1.82) is 0 Å². The van der Waals surface area contributed by atoms with Gasteiger partial charge < -0.3 is 19.9 Å². The molecule has 0 atom stereocenters. The normalized spacial score (nSPS) is 13.8. The lowest BCUT2D eigenvalue weighted by molar-refractivity contribution is -0.276. The summed E-state index contributed by atoms with van der Waals surface area (Å²) in [6.07, 6.45) is -1.17. The first kappa shape index (κ1) is 21.6. The topological polar surface area (TPSA) is 83.5 Å². The van der Waals surface area contributed by atoms with Crippen molar-refractivity contribution in [1.82, 2.24) is 15.0 Å². The third kappa shape index (κ3) is 5.08. The number of fused-ring (bicyclic) bond motifs is 1. The highest BCUT2D eigenvalue weighted by Gasteiger charge is 2.31. The maximum atomic E-state index is 12.2. The first-order valence-corrected chi connectivity index (χ1v) is 9.48. The number of hydrogen-bond donors (Lipinski definition) is 1. The minimum absolute atomic E-state index is 0.151. The zero-order valence-corrected chi connectivity index (χ0v) is 16.9. The molecular weight excluding hydrogens is 401 g/mol. The molecule has 1 N–H and O–H groups in total. The SMILES string of the molecule is CC(C)N(C)c1nc(NCc2ccc(OC(F)(F)F)nc2)nc2c1N(C=O)CCC2. The van der Waals surface area contributed by atoms with Crippen LogP contribution >= 0.6 is 0 Å². The van der Waals surface area contributed by atoms with Crippen LogP contribution in [0.15, 0.2) is 18.3 Å². The molecule has 3 rings (SSSR count). The Morgan fingerprint density at radius 3 is 2.70 bits per heavy atom. The van der Waals surface area contributed by atoms with Crippen molar-refractivity contribution in [2.75, 3.05) is 28.7 Å². The standard InChI is InChI=1S/C19H23F3N6O2/c1-12(2)27(3)17-16-14(5-4-8-28(16)11-29)25-18(26-17)24-10-13-6-7-15(23-9-13)30-19(20,21)22/h6-7,9,11-12H,4-5,8,10H2,1-3H3,(H,24,25,26). The molecule has 0 aliphatic carbocycles. The highest BCUT2D eigenvalue weighted by atomic mass is 19.4. The molecule has 0 spiro atoms. The van der Waals surface area contributed by atoms with E-state index < -0.39 is 12.2 Å². The molecule has 1 aliphatic rings. The minimum atomic E-state index is -4.78. The molecule has 162 valence electrons. The van der Waals surface area contributed by atoms with Crippen LogP contribution in [0.25, 0.3) is 0 Å². The summed E-state index contributed by atoms with van der Waals surface area (Å²) in [4.78, 5) is 27.9. The van der Waals surface area contributed by atoms with Gasteiger partial charge in [-0.05, 0) is 32.3 Å². The van der Waals surface area contributed by atoms with Crippen LogP contribution in [-0.2, 0) is 17.8 Å². The Morgan fingerprint density at radius 2 is 2.10 bits per heavy atom. The Hall–Kier alpha value is -3.11. The summed E-state index contributed by atoms with van der Waals surface area (Å²) in [6, 6.07) is 2.78. The lowest BCUT2D eigenvalue weighted by atomic mass is 10.1. The number of rotatable bonds is 7. The summed E-state index contributed by atoms with van der Waals surface area (Å²) in [6.45, 7) is 4.92. The second-order valence-corrected chi connectivity index (χ2v) is 7.18. The third-order valence-corrected chi connectivity index (χ3v) is 4.74. The van der Waals surface area contributed by atoms with Gasteiger partial charge in [0.15, 0.2) is 5.82 Å².